The zero-order valence-electron chi connectivity index (χ0n) is 43.4. The van der Waals surface area contributed by atoms with Crippen LogP contribution in [0.4, 0.5) is 0 Å². The van der Waals surface area contributed by atoms with E-state index in [1.54, 1.807) is 12.2 Å². The van der Waals surface area contributed by atoms with Gasteiger partial charge in [-0.05, 0) is 192 Å². The standard InChI is InChI=1S/C10H16N4.C10H17NO.C10H15N.C10H18O.C10H16O.C2H2.2CH4.B.H3NO/c1-8(2)5-4-6-9(3)7-10-11-13-14-12-10;1-9(2)5-4-6-10(3)7-8-11-12;3*1-9(2)5-4-6-10(3)7-8-11;1-2;;;;1-2/h5,7H,4,6H2,1-3H3,(H,11,12,13,14);5,7-8,12H,4,6H2,1-3H3;5,7H,4,6H2,1-3H3;5,7,11H,4,6,8H2,1-3H3;5,7-8H,4,6H2,1-3H3;1-2H;2*1H4;;2H,1H2/b;10-7+,11-8+;3*10-7+;;;;;/i;;;;;1D;;;;. The van der Waals surface area contributed by atoms with Crippen molar-refractivity contribution < 1.29 is 21.7 Å². The van der Waals surface area contributed by atoms with E-state index >= 15 is 0 Å². The molecular formula is C54H95BN7O4. The third-order valence-corrected chi connectivity index (χ3v) is 7.72. The number of oxime groups is 1. The Kier molecular flexibility index (Phi) is 75.3. The van der Waals surface area contributed by atoms with Gasteiger partial charge in [0.05, 0.1) is 18.9 Å². The highest BCUT2D eigenvalue weighted by molar-refractivity contribution is 5.75. The molecule has 0 amide bonds. The van der Waals surface area contributed by atoms with Gasteiger partial charge in [0.1, 0.15) is 7.66 Å². The molecule has 0 atom stereocenters. The summed E-state index contributed by atoms with van der Waals surface area (Å²) < 4.78 is 5.74. The number of nitriles is 1. The van der Waals surface area contributed by atoms with Crippen LogP contribution in [0.25, 0.3) is 6.08 Å². The molecule has 66 heavy (non-hydrogen) atoms. The van der Waals surface area contributed by atoms with E-state index in [2.05, 4.69) is 152 Å². The van der Waals surface area contributed by atoms with Gasteiger partial charge in [0.25, 0.3) is 0 Å². The Morgan fingerprint density at radius 3 is 1.32 bits per heavy atom. The number of tetrazole rings is 1. The molecular weight excluding hydrogens is 821 g/mol. The highest BCUT2D eigenvalue weighted by Crippen LogP contribution is 2.10. The molecule has 0 bridgehead atoms. The molecule has 0 saturated carbocycles. The number of hydrogen-bond acceptors (Lipinski definition) is 10. The monoisotopic (exact) mass is 918 g/mol. The molecule has 1 heterocycles. The summed E-state index contributed by atoms with van der Waals surface area (Å²) in [4.78, 5) is 10.0. The van der Waals surface area contributed by atoms with Crippen LogP contribution in [0.1, 0.15) is 190 Å². The minimum Gasteiger partial charge on any atom is -0.411 e. The molecule has 1 aromatic rings. The van der Waals surface area contributed by atoms with Gasteiger partial charge >= 0.3 is 0 Å². The lowest BCUT2D eigenvalue weighted by molar-refractivity contribution is -0.104. The van der Waals surface area contributed by atoms with E-state index in [-0.39, 0.29) is 29.9 Å². The fraction of sp³-hybridized carbons (Fsp3) is 0.519. The molecule has 373 valence electrons. The van der Waals surface area contributed by atoms with Crippen molar-refractivity contribution in [1.29, 1.82) is 5.26 Å². The number of aldehydes is 1. The predicted octanol–water partition coefficient (Wildman–Crippen LogP) is 14.7. The molecule has 1 rings (SSSR count). The second kappa shape index (κ2) is 63.9. The van der Waals surface area contributed by atoms with Crippen molar-refractivity contribution in [2.24, 2.45) is 11.1 Å². The second-order valence-corrected chi connectivity index (χ2v) is 15.6. The molecule has 3 radical (unpaired) electrons. The Morgan fingerprint density at radius 2 is 1.02 bits per heavy atom. The summed E-state index contributed by atoms with van der Waals surface area (Å²) >= 11 is 0. The third-order valence-electron chi connectivity index (χ3n) is 7.72. The van der Waals surface area contributed by atoms with Gasteiger partial charge in [-0.15, -0.1) is 23.0 Å². The molecule has 11 nitrogen and oxygen atoms in total. The van der Waals surface area contributed by atoms with Crippen LogP contribution in [0.5, 0.6) is 0 Å². The average molecular weight is 918 g/mol. The van der Waals surface area contributed by atoms with Crippen molar-refractivity contribution in [2.75, 3.05) is 6.61 Å². The second-order valence-electron chi connectivity index (χ2n) is 15.6. The number of nitrogens with two attached hydrogens (primary N) is 1. The minimum absolute atomic E-state index is 0. The summed E-state index contributed by atoms with van der Waals surface area (Å²) in [6.07, 6.45) is 38.3. The van der Waals surface area contributed by atoms with Crippen LogP contribution in [-0.2, 0) is 4.79 Å². The first-order valence-corrected chi connectivity index (χ1v) is 21.2. The van der Waals surface area contributed by atoms with E-state index in [1.807, 2.05) is 45.1 Å². The number of aromatic nitrogens is 4. The van der Waals surface area contributed by atoms with Crippen LogP contribution in [0.2, 0.25) is 0 Å². The normalized spacial score (nSPS) is 10.4. The molecule has 0 spiro atoms. The highest BCUT2D eigenvalue weighted by Gasteiger charge is 1.95. The molecule has 0 saturated heterocycles. The number of nitrogens with one attached hydrogen (secondary N) is 1. The number of rotatable bonds is 19. The van der Waals surface area contributed by atoms with E-state index in [1.165, 1.54) is 57.2 Å². The maximum atomic E-state index is 10.0. The first-order valence-electron chi connectivity index (χ1n) is 21.7. The smallest absolute Gasteiger partial charge is 0.197 e. The van der Waals surface area contributed by atoms with E-state index < -0.39 is 0 Å². The lowest BCUT2D eigenvalue weighted by Gasteiger charge is -1.96. The number of aromatic amines is 1. The first kappa shape index (κ1) is 77.8. The van der Waals surface area contributed by atoms with Gasteiger partial charge in [-0.25, -0.2) is 5.90 Å². The molecule has 0 aliphatic rings. The van der Waals surface area contributed by atoms with Gasteiger partial charge in [-0.3, -0.25) is 4.79 Å². The number of allylic oxidation sites excluding steroid dienone is 18. The van der Waals surface area contributed by atoms with Crippen LogP contribution in [0.3, 0.4) is 0 Å². The van der Waals surface area contributed by atoms with Gasteiger partial charge in [0.2, 0.25) is 0 Å². The van der Waals surface area contributed by atoms with E-state index in [4.69, 9.17) is 22.2 Å². The van der Waals surface area contributed by atoms with Crippen LogP contribution < -0.4 is 5.90 Å². The minimum atomic E-state index is 0. The lowest BCUT2D eigenvalue weighted by atomic mass is 10.1. The van der Waals surface area contributed by atoms with E-state index in [9.17, 15) is 4.79 Å². The summed E-state index contributed by atoms with van der Waals surface area (Å²) in [6, 6.07) is 2.02. The molecule has 0 fully saturated rings. The highest BCUT2D eigenvalue weighted by atomic mass is 16.4. The molecule has 0 aromatic carbocycles. The Hall–Kier alpha value is -5.40. The molecule has 0 unspecified atom stereocenters. The Labute approximate surface area is 409 Å². The Morgan fingerprint density at radius 1 is 0.667 bits per heavy atom. The number of H-pyrrole nitrogens is 1. The quantitative estimate of drug-likeness (QED) is 0.0103. The number of aliphatic hydroxyl groups excluding tert-OH is 1. The summed E-state index contributed by atoms with van der Waals surface area (Å²) in [5.41, 5.74) is 12.8. The topological polar surface area (TPSA) is 194 Å². The number of nitrogens with zero attached hydrogens (tertiary/aromatic N) is 5. The number of hydrogen-bond donors (Lipinski definition) is 5. The Balaban J connectivity index is -0.0000000867. The van der Waals surface area contributed by atoms with E-state index in [0.29, 0.717) is 5.82 Å². The van der Waals surface area contributed by atoms with Gasteiger partial charge < -0.3 is 15.5 Å². The SMILES string of the molecule is C.C.CC(C)=CCC/C(C)=C/C#N.CC(C)=CCC/C(C)=C/C=N/O.CC(C)=CCC/C(C)=C/C=O.CC(C)=CCC/C(C)=C/CO.CC(C)=CCCC(C)=Cc1nn[nH]n1.NO.[2H]C#C.[B]. The Bertz CT molecular complexity index is 1710. The van der Waals surface area contributed by atoms with Crippen LogP contribution in [0, 0.1) is 24.2 Å². The average Bonchev–Trinajstić information content (AvgIpc) is 3.72. The maximum absolute atomic E-state index is 10.0. The molecule has 1 aromatic heterocycles. The number of carbonyl (C=O) groups is 1. The molecule has 6 N–H and O–H groups in total. The molecule has 0 aliphatic carbocycles. The zero-order chi connectivity index (χ0) is 50.6. The predicted molar refractivity (Wildman–Crippen MR) is 290 cm³/mol. The lowest BCUT2D eigenvalue weighted by Crippen LogP contribution is -1.81. The number of aliphatic hydroxyl groups is 1. The van der Waals surface area contributed by atoms with Crippen molar-refractivity contribution in [3.63, 3.8) is 0 Å². The van der Waals surface area contributed by atoms with Gasteiger partial charge in [0, 0.05) is 14.5 Å². The number of terminal acetylenes is 1. The van der Waals surface area contributed by atoms with Crippen LogP contribution >= 0.6 is 0 Å². The summed E-state index contributed by atoms with van der Waals surface area (Å²) in [6.45, 7) is 31.2. The van der Waals surface area contributed by atoms with Gasteiger partial charge in [-0.1, -0.05) is 112 Å². The largest absolute Gasteiger partial charge is 0.411 e. The van der Waals surface area contributed by atoms with Crippen molar-refractivity contribution in [2.45, 2.75) is 183 Å². The van der Waals surface area contributed by atoms with Crippen molar-refractivity contribution in [3.8, 4) is 18.9 Å². The van der Waals surface area contributed by atoms with Crippen molar-refractivity contribution >= 4 is 27.0 Å². The summed E-state index contributed by atoms with van der Waals surface area (Å²) in [5, 5.41) is 48.0. The summed E-state index contributed by atoms with van der Waals surface area (Å²) in [5.74, 6) is 4.15. The fourth-order valence-corrected chi connectivity index (χ4v) is 4.35. The van der Waals surface area contributed by atoms with Crippen LogP contribution in [-0.4, -0.2) is 63.7 Å². The van der Waals surface area contributed by atoms with Gasteiger partial charge in [-0.2, -0.15) is 10.5 Å². The summed E-state index contributed by atoms with van der Waals surface area (Å²) in [7, 11) is 0. The molecule has 12 heteroatoms. The van der Waals surface area contributed by atoms with Crippen molar-refractivity contribution in [1.82, 2.24) is 20.6 Å². The van der Waals surface area contributed by atoms with Crippen LogP contribution in [0.15, 0.2) is 116 Å². The third kappa shape index (κ3) is 82.3. The molecule has 0 aliphatic heterocycles. The first-order chi connectivity index (χ1) is 30.3. The van der Waals surface area contributed by atoms with E-state index in [0.717, 1.165) is 81.6 Å². The maximum Gasteiger partial charge on any atom is 0.197 e. The van der Waals surface area contributed by atoms with Crippen molar-refractivity contribution in [3.05, 3.63) is 116 Å². The fourth-order valence-electron chi connectivity index (χ4n) is 4.35. The van der Waals surface area contributed by atoms with Gasteiger partial charge in [0.15, 0.2) is 5.82 Å². The zero-order valence-corrected chi connectivity index (χ0v) is 42.4. The number of carbonyl (C=O) groups excluding carboxylic acids is 1.